The molecule has 1 saturated carbocycles. The van der Waals surface area contributed by atoms with Gasteiger partial charge >= 0.3 is 0 Å². The molecular weight excluding hydrogens is 467 g/mol. The number of hydrogen-bond acceptors (Lipinski definition) is 4. The number of halogens is 1. The SMILES string of the molecule is CCN=C(NC1C2CCOC2C1(C)C)N1CCN(c2ccccc2O)CC1.I. The molecule has 3 unspecified atom stereocenters. The Kier molecular flexibility index (Phi) is 6.64. The Morgan fingerprint density at radius 2 is 1.96 bits per heavy atom. The molecule has 2 N–H and O–H groups in total. The van der Waals surface area contributed by atoms with Crippen molar-refractivity contribution < 1.29 is 9.84 Å². The number of phenolic OH excluding ortho intramolecular Hbond substituents is 1. The van der Waals surface area contributed by atoms with Crippen molar-refractivity contribution >= 4 is 35.6 Å². The third-order valence-electron chi connectivity index (χ3n) is 6.49. The third-order valence-corrected chi connectivity index (χ3v) is 6.49. The Balaban J connectivity index is 0.00000225. The summed E-state index contributed by atoms with van der Waals surface area (Å²) < 4.78 is 5.93. The molecule has 3 aliphatic rings. The van der Waals surface area contributed by atoms with E-state index in [0.29, 0.717) is 23.8 Å². The first kappa shape index (κ1) is 21.5. The maximum Gasteiger partial charge on any atom is 0.194 e. The first-order chi connectivity index (χ1) is 13.0. The molecule has 2 saturated heterocycles. The average Bonchev–Trinajstić information content (AvgIpc) is 3.13. The van der Waals surface area contributed by atoms with Gasteiger partial charge in [0.25, 0.3) is 0 Å². The van der Waals surface area contributed by atoms with Crippen LogP contribution in [0.2, 0.25) is 0 Å². The van der Waals surface area contributed by atoms with E-state index in [1.807, 2.05) is 18.2 Å². The molecule has 1 aromatic rings. The minimum Gasteiger partial charge on any atom is -0.506 e. The number of nitrogens with zero attached hydrogens (tertiary/aromatic N) is 3. The zero-order valence-electron chi connectivity index (χ0n) is 17.1. The molecule has 2 heterocycles. The average molecular weight is 500 g/mol. The van der Waals surface area contributed by atoms with Gasteiger partial charge in [0.05, 0.1) is 11.8 Å². The number of guanidine groups is 1. The third kappa shape index (κ3) is 3.79. The highest BCUT2D eigenvalue weighted by Gasteiger charge is 2.59. The van der Waals surface area contributed by atoms with Gasteiger partial charge in [-0.15, -0.1) is 24.0 Å². The highest BCUT2D eigenvalue weighted by atomic mass is 127. The van der Waals surface area contributed by atoms with Crippen molar-refractivity contribution in [2.75, 3.05) is 44.2 Å². The Bertz CT molecular complexity index is 703. The Hall–Kier alpha value is -1.22. The summed E-state index contributed by atoms with van der Waals surface area (Å²) >= 11 is 0. The zero-order valence-corrected chi connectivity index (χ0v) is 19.4. The van der Waals surface area contributed by atoms with Gasteiger partial charge in [-0.25, -0.2) is 0 Å². The molecule has 2 aliphatic heterocycles. The summed E-state index contributed by atoms with van der Waals surface area (Å²) in [5, 5.41) is 13.9. The molecule has 0 radical (unpaired) electrons. The molecule has 156 valence electrons. The summed E-state index contributed by atoms with van der Waals surface area (Å²) in [6, 6.07) is 8.01. The van der Waals surface area contributed by atoms with Crippen molar-refractivity contribution in [3.05, 3.63) is 24.3 Å². The maximum atomic E-state index is 10.1. The van der Waals surface area contributed by atoms with E-state index in [2.05, 4.69) is 35.9 Å². The zero-order chi connectivity index (χ0) is 19.0. The predicted molar refractivity (Wildman–Crippen MR) is 124 cm³/mol. The summed E-state index contributed by atoms with van der Waals surface area (Å²) in [6.45, 7) is 11.9. The van der Waals surface area contributed by atoms with Gasteiger partial charge in [0.15, 0.2) is 5.96 Å². The number of nitrogens with one attached hydrogen (secondary N) is 1. The molecule has 0 bridgehead atoms. The number of benzene rings is 1. The van der Waals surface area contributed by atoms with Crippen LogP contribution in [0.3, 0.4) is 0 Å². The fourth-order valence-corrected chi connectivity index (χ4v) is 5.03. The molecule has 1 aromatic carbocycles. The topological polar surface area (TPSA) is 60.3 Å². The van der Waals surface area contributed by atoms with E-state index < -0.39 is 0 Å². The molecule has 6 nitrogen and oxygen atoms in total. The standard InChI is InChI=1S/C21H32N4O2.HI/c1-4-22-20(23-18-15-9-14-27-19(15)21(18,2)3)25-12-10-24(11-13-25)16-7-5-6-8-17(16)26;/h5-8,15,18-19,26H,4,9-14H2,1-3H3,(H,22,23);1H. The first-order valence-electron chi connectivity index (χ1n) is 10.2. The molecule has 7 heteroatoms. The van der Waals surface area contributed by atoms with Crippen molar-refractivity contribution in [1.82, 2.24) is 10.2 Å². The number of rotatable bonds is 3. The Morgan fingerprint density at radius 1 is 1.25 bits per heavy atom. The van der Waals surface area contributed by atoms with Gasteiger partial charge in [-0.3, -0.25) is 4.99 Å². The van der Waals surface area contributed by atoms with E-state index in [1.54, 1.807) is 6.07 Å². The summed E-state index contributed by atoms with van der Waals surface area (Å²) in [5.41, 5.74) is 1.07. The second kappa shape index (κ2) is 8.65. The molecule has 4 rings (SSSR count). The minimum atomic E-state index is 0. The Labute approximate surface area is 185 Å². The number of para-hydroxylation sites is 2. The summed E-state index contributed by atoms with van der Waals surface area (Å²) in [7, 11) is 0. The number of phenols is 1. The summed E-state index contributed by atoms with van der Waals surface area (Å²) in [4.78, 5) is 9.40. The van der Waals surface area contributed by atoms with Crippen molar-refractivity contribution in [2.24, 2.45) is 16.3 Å². The lowest BCUT2D eigenvalue weighted by Gasteiger charge is -2.55. The van der Waals surface area contributed by atoms with E-state index in [0.717, 1.165) is 57.4 Å². The number of anilines is 1. The monoisotopic (exact) mass is 500 g/mol. The van der Waals surface area contributed by atoms with Gasteiger partial charge in [-0.05, 0) is 25.5 Å². The number of aromatic hydroxyl groups is 1. The Morgan fingerprint density at radius 3 is 2.64 bits per heavy atom. The van der Waals surface area contributed by atoms with Crippen LogP contribution in [0.4, 0.5) is 5.69 Å². The highest BCUT2D eigenvalue weighted by molar-refractivity contribution is 14.0. The van der Waals surface area contributed by atoms with Gasteiger partial charge in [-0.1, -0.05) is 26.0 Å². The minimum absolute atomic E-state index is 0. The fraction of sp³-hybridized carbons (Fsp3) is 0.667. The smallest absolute Gasteiger partial charge is 0.194 e. The van der Waals surface area contributed by atoms with Gasteiger partial charge in [-0.2, -0.15) is 0 Å². The quantitative estimate of drug-likeness (QED) is 0.380. The van der Waals surface area contributed by atoms with Gasteiger partial charge in [0.1, 0.15) is 5.75 Å². The highest BCUT2D eigenvalue weighted by Crippen LogP contribution is 2.52. The van der Waals surface area contributed by atoms with Crippen LogP contribution in [0.15, 0.2) is 29.3 Å². The van der Waals surface area contributed by atoms with Crippen molar-refractivity contribution in [1.29, 1.82) is 0 Å². The fourth-order valence-electron chi connectivity index (χ4n) is 5.03. The number of ether oxygens (including phenoxy) is 1. The molecule has 28 heavy (non-hydrogen) atoms. The van der Waals surface area contributed by atoms with Crippen LogP contribution in [-0.4, -0.2) is 67.4 Å². The molecule has 3 fully saturated rings. The van der Waals surface area contributed by atoms with Crippen LogP contribution in [0.1, 0.15) is 27.2 Å². The molecular formula is C21H33IN4O2. The van der Waals surface area contributed by atoms with Crippen molar-refractivity contribution in [3.8, 4) is 5.75 Å². The molecule has 3 atom stereocenters. The molecule has 1 aliphatic carbocycles. The second-order valence-electron chi connectivity index (χ2n) is 8.45. The lowest BCUT2D eigenvalue weighted by molar-refractivity contribution is -0.107. The van der Waals surface area contributed by atoms with E-state index >= 15 is 0 Å². The molecule has 0 aromatic heterocycles. The lowest BCUT2D eigenvalue weighted by Crippen LogP contribution is -2.68. The number of aliphatic imine (C=N–C) groups is 1. The number of hydrogen-bond donors (Lipinski definition) is 2. The van der Waals surface area contributed by atoms with Crippen LogP contribution in [0.25, 0.3) is 0 Å². The van der Waals surface area contributed by atoms with Crippen molar-refractivity contribution in [2.45, 2.75) is 39.3 Å². The van der Waals surface area contributed by atoms with Gasteiger partial charge < -0.3 is 25.0 Å². The summed E-state index contributed by atoms with van der Waals surface area (Å²) in [6.07, 6.45) is 1.53. The van der Waals surface area contributed by atoms with Crippen LogP contribution in [0.5, 0.6) is 5.75 Å². The summed E-state index contributed by atoms with van der Waals surface area (Å²) in [5.74, 6) is 1.98. The van der Waals surface area contributed by atoms with Gasteiger partial charge in [0, 0.05) is 56.7 Å². The maximum absolute atomic E-state index is 10.1. The number of piperazine rings is 1. The predicted octanol–water partition coefficient (Wildman–Crippen LogP) is 2.91. The van der Waals surface area contributed by atoms with E-state index in [-0.39, 0.29) is 29.4 Å². The van der Waals surface area contributed by atoms with Crippen LogP contribution >= 0.6 is 24.0 Å². The van der Waals surface area contributed by atoms with E-state index in [1.165, 1.54) is 0 Å². The number of fused-ring (bicyclic) bond motifs is 1. The first-order valence-corrected chi connectivity index (χ1v) is 10.2. The largest absolute Gasteiger partial charge is 0.506 e. The van der Waals surface area contributed by atoms with Crippen LogP contribution in [-0.2, 0) is 4.74 Å². The molecule has 0 spiro atoms. The van der Waals surface area contributed by atoms with Crippen LogP contribution < -0.4 is 10.2 Å². The molecule has 0 amide bonds. The normalized spacial score (nSPS) is 29.0. The van der Waals surface area contributed by atoms with E-state index in [4.69, 9.17) is 9.73 Å². The van der Waals surface area contributed by atoms with Gasteiger partial charge in [0.2, 0.25) is 0 Å². The van der Waals surface area contributed by atoms with Crippen molar-refractivity contribution in [3.63, 3.8) is 0 Å². The second-order valence-corrected chi connectivity index (χ2v) is 8.45. The van der Waals surface area contributed by atoms with E-state index in [9.17, 15) is 5.11 Å². The van der Waals surface area contributed by atoms with Crippen LogP contribution in [0, 0.1) is 11.3 Å². The lowest BCUT2D eigenvalue weighted by atomic mass is 9.57.